The van der Waals surface area contributed by atoms with Crippen molar-refractivity contribution in [2.45, 2.75) is 24.5 Å². The van der Waals surface area contributed by atoms with Crippen molar-refractivity contribution in [3.05, 3.63) is 71.8 Å². The maximum Gasteiger partial charge on any atom is 0.238 e. The smallest absolute Gasteiger partial charge is 0.238 e. The Bertz CT molecular complexity index is 712. The molecule has 5 heteroatoms. The van der Waals surface area contributed by atoms with Gasteiger partial charge in [0.25, 0.3) is 0 Å². The molecule has 2 rings (SSSR count). The van der Waals surface area contributed by atoms with Crippen LogP contribution in [0.5, 0.6) is 0 Å². The lowest BCUT2D eigenvalue weighted by Gasteiger charge is -2.13. The Kier molecular flexibility index (Phi) is 5.33. The molecule has 0 aliphatic rings. The third-order valence-corrected chi connectivity index (χ3v) is 5.46. The molecule has 22 heavy (non-hydrogen) atoms. The molecular weight excluding hydrogens is 298 g/mol. The van der Waals surface area contributed by atoms with Crippen molar-refractivity contribution in [2.24, 2.45) is 0 Å². The largest absolute Gasteiger partial charge is 0.351 e. The van der Waals surface area contributed by atoms with Gasteiger partial charge in [-0.25, -0.2) is 8.42 Å². The Labute approximate surface area is 131 Å². The number of nitrogens with one attached hydrogen (secondary N) is 1. The highest BCUT2D eigenvalue weighted by molar-refractivity contribution is 7.92. The third-order valence-electron chi connectivity index (χ3n) is 3.43. The summed E-state index contributed by atoms with van der Waals surface area (Å²) < 4.78 is 24.6. The average molecular weight is 317 g/mol. The van der Waals surface area contributed by atoms with Crippen molar-refractivity contribution in [2.75, 3.05) is 0 Å². The normalized spacial score (nSPS) is 12.6. The van der Waals surface area contributed by atoms with Crippen LogP contribution in [0, 0.1) is 0 Å². The molecule has 0 spiro atoms. The van der Waals surface area contributed by atoms with Gasteiger partial charge in [-0.1, -0.05) is 60.7 Å². The summed E-state index contributed by atoms with van der Waals surface area (Å²) in [6, 6.07) is 18.3. The van der Waals surface area contributed by atoms with Gasteiger partial charge in [-0.3, -0.25) is 4.79 Å². The maximum absolute atomic E-state index is 12.3. The van der Waals surface area contributed by atoms with Crippen molar-refractivity contribution in [3.63, 3.8) is 0 Å². The van der Waals surface area contributed by atoms with Crippen LogP contribution >= 0.6 is 0 Å². The van der Waals surface area contributed by atoms with Crippen molar-refractivity contribution >= 4 is 15.7 Å². The van der Waals surface area contributed by atoms with Crippen molar-refractivity contribution in [1.29, 1.82) is 0 Å². The summed E-state index contributed by atoms with van der Waals surface area (Å²) >= 11 is 0. The number of hydrogen-bond acceptors (Lipinski definition) is 3. The summed E-state index contributed by atoms with van der Waals surface area (Å²) in [6.45, 7) is 1.75. The zero-order chi connectivity index (χ0) is 16.0. The quantitative estimate of drug-likeness (QED) is 0.889. The van der Waals surface area contributed by atoms with Crippen LogP contribution in [0.4, 0.5) is 0 Å². The molecule has 0 radical (unpaired) electrons. The summed E-state index contributed by atoms with van der Waals surface area (Å²) in [4.78, 5) is 12.1. The molecule has 0 aliphatic carbocycles. The van der Waals surface area contributed by atoms with Crippen LogP contribution in [-0.4, -0.2) is 19.6 Å². The Morgan fingerprint density at radius 2 is 1.45 bits per heavy atom. The monoisotopic (exact) mass is 317 g/mol. The first-order chi connectivity index (χ1) is 10.5. The van der Waals surface area contributed by atoms with E-state index in [4.69, 9.17) is 0 Å². The summed E-state index contributed by atoms with van der Waals surface area (Å²) in [5.41, 5.74) is 1.62. The van der Waals surface area contributed by atoms with Gasteiger partial charge in [0.1, 0.15) is 5.25 Å². The van der Waals surface area contributed by atoms with E-state index in [9.17, 15) is 13.2 Å². The third kappa shape index (κ3) is 4.43. The van der Waals surface area contributed by atoms with Crippen molar-refractivity contribution in [1.82, 2.24) is 5.32 Å². The number of amides is 1. The molecular formula is C17H19NO3S. The van der Waals surface area contributed by atoms with Crippen LogP contribution in [-0.2, 0) is 26.9 Å². The van der Waals surface area contributed by atoms with E-state index in [1.54, 1.807) is 24.3 Å². The Morgan fingerprint density at radius 1 is 0.955 bits per heavy atom. The predicted octanol–water partition coefficient (Wildman–Crippen LogP) is 2.31. The summed E-state index contributed by atoms with van der Waals surface area (Å²) in [7, 11) is -3.53. The molecule has 116 valence electrons. The molecule has 1 atom stereocenters. The molecule has 1 N–H and O–H groups in total. The fraction of sp³-hybridized carbons (Fsp3) is 0.235. The molecule has 2 aromatic rings. The molecule has 0 heterocycles. The lowest BCUT2D eigenvalue weighted by Crippen LogP contribution is -2.38. The lowest BCUT2D eigenvalue weighted by atomic mass is 10.2. The van der Waals surface area contributed by atoms with Crippen LogP contribution in [0.15, 0.2) is 60.7 Å². The second-order valence-corrected chi connectivity index (χ2v) is 7.46. The first kappa shape index (κ1) is 16.2. The fourth-order valence-electron chi connectivity index (χ4n) is 2.02. The fourth-order valence-corrected chi connectivity index (χ4v) is 3.34. The van der Waals surface area contributed by atoms with Crippen LogP contribution in [0.1, 0.15) is 18.1 Å². The minimum absolute atomic E-state index is 0.131. The van der Waals surface area contributed by atoms with Gasteiger partial charge in [0.15, 0.2) is 9.84 Å². The van der Waals surface area contributed by atoms with E-state index in [2.05, 4.69) is 5.32 Å². The number of rotatable bonds is 6. The van der Waals surface area contributed by atoms with Gasteiger partial charge in [0.2, 0.25) is 5.91 Å². The number of carbonyl (C=O) groups is 1. The zero-order valence-corrected chi connectivity index (χ0v) is 13.2. The first-order valence-electron chi connectivity index (χ1n) is 7.06. The van der Waals surface area contributed by atoms with E-state index in [0.29, 0.717) is 12.1 Å². The number of benzene rings is 2. The van der Waals surface area contributed by atoms with Crippen molar-refractivity contribution < 1.29 is 13.2 Å². The Morgan fingerprint density at radius 3 is 2.00 bits per heavy atom. The van der Waals surface area contributed by atoms with Gasteiger partial charge in [0, 0.05) is 6.54 Å². The molecule has 0 saturated heterocycles. The van der Waals surface area contributed by atoms with E-state index in [-0.39, 0.29) is 5.75 Å². The molecule has 0 aliphatic heterocycles. The van der Waals surface area contributed by atoms with Gasteiger partial charge in [-0.15, -0.1) is 0 Å². The van der Waals surface area contributed by atoms with E-state index in [0.717, 1.165) is 5.56 Å². The van der Waals surface area contributed by atoms with E-state index in [1.807, 2.05) is 36.4 Å². The zero-order valence-electron chi connectivity index (χ0n) is 12.4. The Balaban J connectivity index is 1.97. The topological polar surface area (TPSA) is 63.2 Å². The van der Waals surface area contributed by atoms with Gasteiger partial charge in [-0.05, 0) is 18.1 Å². The SMILES string of the molecule is C[C@H](C(=O)NCc1ccccc1)S(=O)(=O)Cc1ccccc1. The van der Waals surface area contributed by atoms with Gasteiger partial charge in [0.05, 0.1) is 5.75 Å². The highest BCUT2D eigenvalue weighted by Gasteiger charge is 2.27. The Hall–Kier alpha value is -2.14. The molecule has 2 aromatic carbocycles. The number of sulfone groups is 1. The average Bonchev–Trinajstić information content (AvgIpc) is 2.53. The summed E-state index contributed by atoms with van der Waals surface area (Å²) in [5, 5.41) is 1.60. The molecule has 1 amide bonds. The minimum atomic E-state index is -3.53. The second kappa shape index (κ2) is 7.22. The predicted molar refractivity (Wildman–Crippen MR) is 86.8 cm³/mol. The molecule has 0 unspecified atom stereocenters. The van der Waals surface area contributed by atoms with Gasteiger partial charge in [-0.2, -0.15) is 0 Å². The lowest BCUT2D eigenvalue weighted by molar-refractivity contribution is -0.120. The van der Waals surface area contributed by atoms with Gasteiger partial charge >= 0.3 is 0 Å². The van der Waals surface area contributed by atoms with Gasteiger partial charge < -0.3 is 5.32 Å². The summed E-state index contributed by atoms with van der Waals surface area (Å²) in [6.07, 6.45) is 0. The molecule has 0 bridgehead atoms. The van der Waals surface area contributed by atoms with E-state index in [1.165, 1.54) is 6.92 Å². The number of carbonyl (C=O) groups excluding carboxylic acids is 1. The maximum atomic E-state index is 12.3. The van der Waals surface area contributed by atoms with Crippen LogP contribution in [0.25, 0.3) is 0 Å². The minimum Gasteiger partial charge on any atom is -0.351 e. The van der Waals surface area contributed by atoms with Crippen LogP contribution < -0.4 is 5.32 Å². The molecule has 0 fully saturated rings. The standard InChI is InChI=1S/C17H19NO3S/c1-14(17(19)18-12-15-8-4-2-5-9-15)22(20,21)13-16-10-6-3-7-11-16/h2-11,14H,12-13H2,1H3,(H,18,19)/t14-/m1/s1. The van der Waals surface area contributed by atoms with E-state index < -0.39 is 21.0 Å². The van der Waals surface area contributed by atoms with Crippen LogP contribution in [0.3, 0.4) is 0 Å². The molecule has 4 nitrogen and oxygen atoms in total. The highest BCUT2D eigenvalue weighted by atomic mass is 32.2. The van der Waals surface area contributed by atoms with Crippen LogP contribution in [0.2, 0.25) is 0 Å². The number of hydrogen-bond donors (Lipinski definition) is 1. The highest BCUT2D eigenvalue weighted by Crippen LogP contribution is 2.11. The van der Waals surface area contributed by atoms with Crippen molar-refractivity contribution in [3.8, 4) is 0 Å². The second-order valence-electron chi connectivity index (χ2n) is 5.14. The summed E-state index contributed by atoms with van der Waals surface area (Å²) in [5.74, 6) is -0.604. The van der Waals surface area contributed by atoms with E-state index >= 15 is 0 Å². The molecule has 0 saturated carbocycles. The molecule has 0 aromatic heterocycles. The first-order valence-corrected chi connectivity index (χ1v) is 8.78.